The van der Waals surface area contributed by atoms with Gasteiger partial charge in [-0.2, -0.15) is 5.10 Å². The van der Waals surface area contributed by atoms with Crippen molar-refractivity contribution in [3.63, 3.8) is 0 Å². The summed E-state index contributed by atoms with van der Waals surface area (Å²) < 4.78 is 0. The maximum atomic E-state index is 6.28. The molecule has 0 aliphatic rings. The predicted molar refractivity (Wildman–Crippen MR) is 106 cm³/mol. The van der Waals surface area contributed by atoms with E-state index in [1.165, 1.54) is 4.88 Å². The van der Waals surface area contributed by atoms with E-state index in [2.05, 4.69) is 45.4 Å². The van der Waals surface area contributed by atoms with E-state index < -0.39 is 0 Å². The Hall–Kier alpha value is -2.44. The molecular weight excluding hydrogens is 354 g/mol. The largest absolute Gasteiger partial charge is 0.345 e. The molecule has 0 aliphatic heterocycles. The van der Waals surface area contributed by atoms with E-state index in [-0.39, 0.29) is 0 Å². The number of hydrogen-bond donors (Lipinski definition) is 2. The number of thiophene rings is 1. The number of fused-ring (bicyclic) bond motifs is 2. The Labute approximate surface area is 153 Å². The average molecular weight is 370 g/mol. The predicted octanol–water partition coefficient (Wildman–Crippen LogP) is 5.40. The Kier molecular flexibility index (Phi) is 4.15. The second-order valence-electron chi connectivity index (χ2n) is 6.01. The molecule has 1 aromatic carbocycles. The van der Waals surface area contributed by atoms with Crippen molar-refractivity contribution in [2.45, 2.75) is 19.8 Å². The number of nitrogens with zero attached hydrogens (tertiary/aromatic N) is 3. The van der Waals surface area contributed by atoms with Crippen molar-refractivity contribution in [3.8, 4) is 0 Å². The van der Waals surface area contributed by atoms with Gasteiger partial charge in [0.25, 0.3) is 0 Å². The van der Waals surface area contributed by atoms with Crippen LogP contribution in [0.2, 0.25) is 5.15 Å². The maximum absolute atomic E-state index is 6.28. The maximum Gasteiger partial charge on any atom is 0.158 e. The monoisotopic (exact) mass is 369 g/mol. The van der Waals surface area contributed by atoms with Gasteiger partial charge < -0.3 is 4.98 Å². The molecule has 0 radical (unpaired) electrons. The number of rotatable bonds is 4. The number of H-pyrrole nitrogens is 1. The van der Waals surface area contributed by atoms with Gasteiger partial charge >= 0.3 is 0 Å². The minimum Gasteiger partial charge on any atom is -0.345 e. The number of hydrazone groups is 1. The van der Waals surface area contributed by atoms with Crippen LogP contribution in [-0.2, 0) is 0 Å². The zero-order valence-electron chi connectivity index (χ0n) is 13.7. The lowest BCUT2D eigenvalue weighted by molar-refractivity contribution is 0.890. The van der Waals surface area contributed by atoms with Crippen molar-refractivity contribution < 1.29 is 0 Å². The minimum atomic E-state index is 0.459. The highest BCUT2D eigenvalue weighted by Gasteiger charge is 2.11. The van der Waals surface area contributed by atoms with Crippen molar-refractivity contribution in [2.75, 3.05) is 5.43 Å². The molecule has 3 aromatic heterocycles. The second-order valence-corrected chi connectivity index (χ2v) is 7.45. The number of hydrogen-bond acceptors (Lipinski definition) is 5. The minimum absolute atomic E-state index is 0.459. The van der Waals surface area contributed by atoms with Gasteiger partial charge in [0.1, 0.15) is 16.3 Å². The average Bonchev–Trinajstić information content (AvgIpc) is 3.17. The van der Waals surface area contributed by atoms with Gasteiger partial charge in [-0.25, -0.2) is 9.97 Å². The molecule has 5 nitrogen and oxygen atoms in total. The van der Waals surface area contributed by atoms with Gasteiger partial charge in [-0.1, -0.05) is 43.6 Å². The first-order valence-corrected chi connectivity index (χ1v) is 9.12. The van der Waals surface area contributed by atoms with E-state index in [9.17, 15) is 0 Å². The highest BCUT2D eigenvalue weighted by molar-refractivity contribution is 7.18. The summed E-state index contributed by atoms with van der Waals surface area (Å²) in [5, 5.41) is 6.92. The third-order valence-corrected chi connectivity index (χ3v) is 5.62. The Morgan fingerprint density at radius 1 is 1.24 bits per heavy atom. The molecule has 4 aromatic rings. The molecule has 0 fully saturated rings. The normalized spacial score (nSPS) is 12.0. The number of halogens is 1. The summed E-state index contributed by atoms with van der Waals surface area (Å²) in [6, 6.07) is 10.1. The summed E-state index contributed by atoms with van der Waals surface area (Å²) in [4.78, 5) is 14.0. The summed E-state index contributed by atoms with van der Waals surface area (Å²) in [5.74, 6) is 1.15. The van der Waals surface area contributed by atoms with E-state index in [4.69, 9.17) is 11.6 Å². The highest BCUT2D eigenvalue weighted by Crippen LogP contribution is 2.32. The molecule has 2 N–H and O–H groups in total. The Bertz CT molecular complexity index is 1080. The van der Waals surface area contributed by atoms with Crippen molar-refractivity contribution in [2.24, 2.45) is 5.10 Å². The lowest BCUT2D eigenvalue weighted by Crippen LogP contribution is -1.94. The van der Waals surface area contributed by atoms with E-state index >= 15 is 0 Å². The fourth-order valence-electron chi connectivity index (χ4n) is 2.66. The molecule has 0 atom stereocenters. The van der Waals surface area contributed by atoms with Gasteiger partial charge in [0.05, 0.1) is 11.6 Å². The quantitative estimate of drug-likeness (QED) is 0.374. The molecule has 126 valence electrons. The fourth-order valence-corrected chi connectivity index (χ4v) is 3.92. The number of aromatic amines is 1. The summed E-state index contributed by atoms with van der Waals surface area (Å²) in [6.07, 6.45) is 3.27. The fraction of sp³-hybridized carbons (Fsp3) is 0.167. The number of aromatic nitrogens is 3. The summed E-state index contributed by atoms with van der Waals surface area (Å²) in [7, 11) is 0. The topological polar surface area (TPSA) is 66.0 Å². The van der Waals surface area contributed by atoms with Crippen LogP contribution in [0.25, 0.3) is 21.1 Å². The van der Waals surface area contributed by atoms with Gasteiger partial charge in [0, 0.05) is 21.3 Å². The first-order valence-electron chi connectivity index (χ1n) is 7.93. The van der Waals surface area contributed by atoms with E-state index in [1.54, 1.807) is 23.9 Å². The molecular formula is C18H16ClN5S. The van der Waals surface area contributed by atoms with E-state index in [1.807, 2.05) is 24.3 Å². The van der Waals surface area contributed by atoms with Gasteiger partial charge in [0.2, 0.25) is 0 Å². The summed E-state index contributed by atoms with van der Waals surface area (Å²) in [6.45, 7) is 4.34. The molecule has 0 saturated carbocycles. The number of nitrogens with one attached hydrogen (secondary N) is 2. The van der Waals surface area contributed by atoms with E-state index in [0.717, 1.165) is 26.7 Å². The molecule has 25 heavy (non-hydrogen) atoms. The number of anilines is 1. The third kappa shape index (κ3) is 2.99. The van der Waals surface area contributed by atoms with E-state index in [0.29, 0.717) is 16.9 Å². The first kappa shape index (κ1) is 16.1. The van der Waals surface area contributed by atoms with Crippen LogP contribution in [0.5, 0.6) is 0 Å². The van der Waals surface area contributed by atoms with Crippen LogP contribution < -0.4 is 5.43 Å². The van der Waals surface area contributed by atoms with Crippen LogP contribution in [0.15, 0.2) is 41.8 Å². The standard InChI is InChI=1S/C18H16ClN5S/c1-10(2)15-7-12-17(20-9-21-18(12)25-15)24-22-8-13-11-5-3-4-6-14(11)23-16(13)19/h3-10,23H,1-2H3,(H,20,21,24)/b22-8-. The molecule has 3 heterocycles. The third-order valence-electron chi connectivity index (χ3n) is 3.98. The van der Waals surface area contributed by atoms with Crippen LogP contribution in [-0.4, -0.2) is 21.2 Å². The van der Waals surface area contributed by atoms with Gasteiger partial charge in [-0.3, -0.25) is 5.43 Å². The zero-order chi connectivity index (χ0) is 17.4. The molecule has 7 heteroatoms. The molecule has 4 rings (SSSR count). The Balaban J connectivity index is 1.65. The summed E-state index contributed by atoms with van der Waals surface area (Å²) >= 11 is 7.97. The molecule has 0 spiro atoms. The van der Waals surface area contributed by atoms with Crippen LogP contribution in [0.4, 0.5) is 5.82 Å². The van der Waals surface area contributed by atoms with Gasteiger partial charge in [-0.05, 0) is 18.1 Å². The summed E-state index contributed by atoms with van der Waals surface area (Å²) in [5.41, 5.74) is 4.86. The lowest BCUT2D eigenvalue weighted by atomic mass is 10.2. The van der Waals surface area contributed by atoms with Crippen molar-refractivity contribution in [1.29, 1.82) is 0 Å². The molecule has 0 aliphatic carbocycles. The number of para-hydroxylation sites is 1. The van der Waals surface area contributed by atoms with Crippen molar-refractivity contribution >= 4 is 56.1 Å². The van der Waals surface area contributed by atoms with Crippen LogP contribution in [0.3, 0.4) is 0 Å². The van der Waals surface area contributed by atoms with Gasteiger partial charge in [-0.15, -0.1) is 11.3 Å². The zero-order valence-corrected chi connectivity index (χ0v) is 15.3. The van der Waals surface area contributed by atoms with Crippen LogP contribution in [0.1, 0.15) is 30.2 Å². The van der Waals surface area contributed by atoms with Crippen LogP contribution >= 0.6 is 22.9 Å². The first-order chi connectivity index (χ1) is 12.1. The highest BCUT2D eigenvalue weighted by atomic mass is 35.5. The lowest BCUT2D eigenvalue weighted by Gasteiger charge is -2.00. The SMILES string of the molecule is CC(C)c1cc2c(N/N=C\c3c(Cl)[nH]c4ccccc34)ncnc2s1. The molecule has 0 unspecified atom stereocenters. The Morgan fingerprint density at radius 2 is 2.08 bits per heavy atom. The van der Waals surface area contributed by atoms with Gasteiger partial charge in [0.15, 0.2) is 5.82 Å². The Morgan fingerprint density at radius 3 is 2.92 bits per heavy atom. The second kappa shape index (κ2) is 6.46. The number of benzene rings is 1. The molecule has 0 bridgehead atoms. The van der Waals surface area contributed by atoms with Crippen LogP contribution in [0, 0.1) is 0 Å². The smallest absolute Gasteiger partial charge is 0.158 e. The molecule has 0 amide bonds. The van der Waals surface area contributed by atoms with Crippen molar-refractivity contribution in [3.05, 3.63) is 52.3 Å². The molecule has 0 saturated heterocycles. The van der Waals surface area contributed by atoms with Crippen molar-refractivity contribution in [1.82, 2.24) is 15.0 Å².